The zero-order chi connectivity index (χ0) is 39.3. The van der Waals surface area contributed by atoms with E-state index in [9.17, 15) is 14.9 Å². The number of hydrogen-bond acceptors (Lipinski definition) is 12. The Hall–Kier alpha value is -6.95. The van der Waals surface area contributed by atoms with Crippen molar-refractivity contribution in [1.82, 2.24) is 24.9 Å². The van der Waals surface area contributed by atoms with Gasteiger partial charge >= 0.3 is 0 Å². The first-order chi connectivity index (χ1) is 27.4. The number of pyridine rings is 5. The summed E-state index contributed by atoms with van der Waals surface area (Å²) in [6, 6.07) is 13.7. The summed E-state index contributed by atoms with van der Waals surface area (Å²) in [7, 11) is 0. The maximum Gasteiger partial charge on any atom is 0.266 e. The highest BCUT2D eigenvalue weighted by Crippen LogP contribution is 2.23. The second-order valence-electron chi connectivity index (χ2n) is 12.8. The van der Waals surface area contributed by atoms with E-state index in [0.29, 0.717) is 29.7 Å². The number of carbonyl (C=O) groups is 2. The second-order valence-corrected chi connectivity index (χ2v) is 12.8. The zero-order valence-electron chi connectivity index (χ0n) is 30.9. The van der Waals surface area contributed by atoms with Crippen LogP contribution in [0.5, 0.6) is 5.88 Å². The third kappa shape index (κ3) is 9.77. The van der Waals surface area contributed by atoms with Gasteiger partial charge in [0, 0.05) is 53.9 Å². The molecule has 1 aliphatic rings. The molecule has 0 saturated heterocycles. The molecule has 5 aromatic heterocycles. The smallest absolute Gasteiger partial charge is 0.266 e. The van der Waals surface area contributed by atoms with Crippen molar-refractivity contribution < 1.29 is 23.7 Å². The van der Waals surface area contributed by atoms with Gasteiger partial charge in [-0.3, -0.25) is 19.6 Å². The van der Waals surface area contributed by atoms with Gasteiger partial charge in [-0.05, 0) is 99.4 Å². The number of nitrogens with zero attached hydrogens (tertiary/aromatic N) is 8. The Morgan fingerprint density at radius 1 is 0.804 bits per heavy atom. The van der Waals surface area contributed by atoms with Crippen LogP contribution in [0.2, 0.25) is 0 Å². The third-order valence-corrected chi connectivity index (χ3v) is 9.14. The minimum Gasteiger partial charge on any atom is -0.392 e. The highest BCUT2D eigenvalue weighted by atomic mass is 19.1. The van der Waals surface area contributed by atoms with Crippen molar-refractivity contribution >= 4 is 34.9 Å². The molecule has 6 rings (SSSR count). The van der Waals surface area contributed by atoms with Crippen LogP contribution >= 0.6 is 0 Å². The van der Waals surface area contributed by atoms with E-state index in [0.717, 1.165) is 43.2 Å². The predicted molar refractivity (Wildman–Crippen MR) is 207 cm³/mol. The molecule has 0 aliphatic heterocycles. The third-order valence-electron chi connectivity index (χ3n) is 9.14. The number of oxime groups is 2. The molecular formula is C41H39FN10O4. The fourth-order valence-electron chi connectivity index (χ4n) is 6.08. The molecule has 5 heterocycles. The molecule has 2 N–H and O–H groups in total. The molecule has 1 fully saturated rings. The minimum absolute atomic E-state index is 0.0481. The van der Waals surface area contributed by atoms with Crippen molar-refractivity contribution in [2.24, 2.45) is 10.3 Å². The average Bonchev–Trinajstić information content (AvgIpc) is 3.76. The van der Waals surface area contributed by atoms with Crippen molar-refractivity contribution in [1.29, 1.82) is 5.26 Å². The summed E-state index contributed by atoms with van der Waals surface area (Å²) in [6.45, 7) is 3.87. The molecule has 1 aliphatic carbocycles. The number of amides is 2. The van der Waals surface area contributed by atoms with E-state index in [1.165, 1.54) is 18.6 Å². The first kappa shape index (κ1) is 38.8. The molecule has 14 nitrogen and oxygen atoms in total. The van der Waals surface area contributed by atoms with Gasteiger partial charge in [0.05, 0.1) is 28.7 Å². The number of halogens is 1. The van der Waals surface area contributed by atoms with E-state index in [-0.39, 0.29) is 58.7 Å². The number of hydrogen-bond donors (Lipinski definition) is 2. The van der Waals surface area contributed by atoms with Crippen molar-refractivity contribution in [3.05, 3.63) is 131 Å². The van der Waals surface area contributed by atoms with Gasteiger partial charge < -0.3 is 20.3 Å². The summed E-state index contributed by atoms with van der Waals surface area (Å²) in [4.78, 5) is 58.8. The van der Waals surface area contributed by atoms with Crippen LogP contribution in [0.3, 0.4) is 0 Å². The van der Waals surface area contributed by atoms with Crippen LogP contribution in [0.4, 0.5) is 16.0 Å². The summed E-state index contributed by atoms with van der Waals surface area (Å²) in [5.74, 6) is -1.05. The van der Waals surface area contributed by atoms with Crippen LogP contribution in [-0.4, -0.2) is 54.3 Å². The lowest BCUT2D eigenvalue weighted by Crippen LogP contribution is -2.18. The molecule has 284 valence electrons. The molecule has 0 spiro atoms. The van der Waals surface area contributed by atoms with Crippen molar-refractivity contribution in [3.8, 4) is 11.9 Å². The van der Waals surface area contributed by atoms with Crippen molar-refractivity contribution in [2.75, 3.05) is 10.6 Å². The quantitative estimate of drug-likeness (QED) is 0.0815. The number of nitriles is 1. The lowest BCUT2D eigenvalue weighted by molar-refractivity contribution is 0.0642. The Kier molecular flexibility index (Phi) is 13.1. The topological polar surface area (TPSA) is 190 Å². The van der Waals surface area contributed by atoms with Gasteiger partial charge in [-0.1, -0.05) is 24.2 Å². The summed E-state index contributed by atoms with van der Waals surface area (Å²) >= 11 is 0. The first-order valence-corrected chi connectivity index (χ1v) is 18.3. The van der Waals surface area contributed by atoms with E-state index in [2.05, 4.69) is 45.9 Å². The Morgan fingerprint density at radius 3 is 2.11 bits per heavy atom. The van der Waals surface area contributed by atoms with Gasteiger partial charge in [-0.2, -0.15) is 5.26 Å². The van der Waals surface area contributed by atoms with Crippen LogP contribution in [0.25, 0.3) is 0 Å². The van der Waals surface area contributed by atoms with Gasteiger partial charge in [0.2, 0.25) is 0 Å². The maximum absolute atomic E-state index is 15.2. The number of rotatable bonds is 15. The van der Waals surface area contributed by atoms with Gasteiger partial charge in [0.25, 0.3) is 17.7 Å². The van der Waals surface area contributed by atoms with Crippen LogP contribution < -0.4 is 15.5 Å². The zero-order valence-corrected chi connectivity index (χ0v) is 30.9. The fraction of sp³-hybridized carbons (Fsp3) is 0.268. The summed E-state index contributed by atoms with van der Waals surface area (Å²) in [5.41, 5.74) is 4.03. The molecule has 2 amide bonds. The van der Waals surface area contributed by atoms with Crippen LogP contribution in [0.15, 0.2) is 96.2 Å². The van der Waals surface area contributed by atoms with Crippen molar-refractivity contribution in [2.45, 2.75) is 71.3 Å². The Balaban J connectivity index is 1.09. The Labute approximate surface area is 322 Å². The number of aryl methyl sites for hydroxylation is 1. The number of anilines is 2. The van der Waals surface area contributed by atoms with Gasteiger partial charge in [0.1, 0.15) is 35.2 Å². The molecule has 15 heteroatoms. The van der Waals surface area contributed by atoms with Crippen LogP contribution in [0, 0.1) is 17.1 Å². The number of nitrogens with one attached hydrogen (secondary N) is 2. The Morgan fingerprint density at radius 2 is 1.46 bits per heavy atom. The summed E-state index contributed by atoms with van der Waals surface area (Å²) < 4.78 is 15.2. The minimum atomic E-state index is -0.651. The van der Waals surface area contributed by atoms with E-state index in [1.807, 2.05) is 19.9 Å². The molecule has 5 aromatic rings. The molecule has 56 heavy (non-hydrogen) atoms. The maximum atomic E-state index is 15.2. The standard InChI is InChI=1S/C41H39FN10O4/c1-3-35(51-55-30-9-5-6-10-30)28-12-16-38(48-21-28)50-40(54)33-24-45-25-34(42)31(33)14-11-26-17-19-44-23-32(26)39(53)49-37-15-13-29(22-47-37)36(4-2)52-56-41-27(20-43)8-7-18-46-41/h7-8,12-13,15-19,21-25,30H,3-6,9-11,14H2,1-2H3,(H,47,49,53)(H,48,50,54)/b51-35+,52-36+. The molecule has 1 saturated carbocycles. The fourth-order valence-corrected chi connectivity index (χ4v) is 6.08. The highest BCUT2D eigenvalue weighted by molar-refractivity contribution is 6.06. The van der Waals surface area contributed by atoms with E-state index in [4.69, 9.17) is 9.68 Å². The number of carbonyl (C=O) groups excluding carboxylic acids is 2. The molecule has 0 bridgehead atoms. The van der Waals surface area contributed by atoms with Crippen LogP contribution in [0.1, 0.15) is 101 Å². The monoisotopic (exact) mass is 754 g/mol. The van der Waals surface area contributed by atoms with Crippen molar-refractivity contribution in [3.63, 3.8) is 0 Å². The van der Waals surface area contributed by atoms with Gasteiger partial charge in [-0.25, -0.2) is 19.3 Å². The molecule has 0 radical (unpaired) electrons. The average molecular weight is 755 g/mol. The SMILES string of the molecule is CC/C(=N\Oc1ncccc1C#N)c1ccc(NC(=O)c2cnccc2CCc2c(F)cncc2C(=O)Nc2ccc(/C(CC)=N/OC3CCCC3)cn2)nc1. The van der Waals surface area contributed by atoms with E-state index < -0.39 is 17.6 Å². The Bertz CT molecular complexity index is 2270. The first-order valence-electron chi connectivity index (χ1n) is 18.3. The largest absolute Gasteiger partial charge is 0.392 e. The molecular weight excluding hydrogens is 716 g/mol. The lowest BCUT2D eigenvalue weighted by atomic mass is 9.98. The van der Waals surface area contributed by atoms with Gasteiger partial charge in [-0.15, -0.1) is 0 Å². The normalized spacial score (nSPS) is 13.2. The predicted octanol–water partition coefficient (Wildman–Crippen LogP) is 7.23. The van der Waals surface area contributed by atoms with Crippen LogP contribution in [-0.2, 0) is 17.7 Å². The second kappa shape index (κ2) is 18.9. The molecule has 0 unspecified atom stereocenters. The van der Waals surface area contributed by atoms with E-state index in [1.54, 1.807) is 61.1 Å². The highest BCUT2D eigenvalue weighted by Gasteiger charge is 2.20. The summed E-state index contributed by atoms with van der Waals surface area (Å²) in [5, 5.41) is 23.3. The lowest BCUT2D eigenvalue weighted by Gasteiger charge is -2.13. The summed E-state index contributed by atoms with van der Waals surface area (Å²) in [6.07, 6.45) is 15.9. The van der Waals surface area contributed by atoms with E-state index >= 15 is 4.39 Å². The molecule has 0 atom stereocenters. The molecule has 0 aromatic carbocycles. The number of aromatic nitrogens is 5. The van der Waals surface area contributed by atoms with Gasteiger partial charge in [0.15, 0.2) is 0 Å².